The van der Waals surface area contributed by atoms with E-state index >= 15 is 0 Å². The van der Waals surface area contributed by atoms with Crippen molar-refractivity contribution >= 4 is 23.0 Å². The van der Waals surface area contributed by atoms with Crippen LogP contribution < -0.4 is 15.5 Å². The van der Waals surface area contributed by atoms with Crippen LogP contribution in [0, 0.1) is 13.8 Å². The number of nitrogens with one attached hydrogen (secondary N) is 3. The number of benzene rings is 2. The molecule has 0 amide bonds. The van der Waals surface area contributed by atoms with Crippen LogP contribution in [0.1, 0.15) is 35.6 Å². The van der Waals surface area contributed by atoms with Crippen molar-refractivity contribution in [1.29, 1.82) is 0 Å². The molecule has 0 spiro atoms. The molecule has 2 aromatic carbocycles. The summed E-state index contributed by atoms with van der Waals surface area (Å²) in [6.07, 6.45) is 2.65. The third-order valence-electron chi connectivity index (χ3n) is 5.17. The molecule has 1 fully saturated rings. The second-order valence-corrected chi connectivity index (χ2v) is 7.37. The van der Waals surface area contributed by atoms with E-state index in [2.05, 4.69) is 73.0 Å². The Morgan fingerprint density at radius 3 is 2.44 bits per heavy atom. The maximum Gasteiger partial charge on any atom is 0.171 e. The van der Waals surface area contributed by atoms with E-state index in [1.165, 1.54) is 42.6 Å². The van der Waals surface area contributed by atoms with Gasteiger partial charge in [-0.3, -0.25) is 0 Å². The highest BCUT2D eigenvalue weighted by atomic mass is 32.1. The number of hydrogen-bond acceptors (Lipinski definition) is 1. The molecule has 0 aromatic heterocycles. The molecule has 1 saturated heterocycles. The average Bonchev–Trinajstić information content (AvgIpc) is 3.14. The first kappa shape index (κ1) is 17.9. The standard InChI is InChI=1S/C21H27N3S/c1-16-10-11-19(14-17(16)2)23-21(25)22-15-20(24-12-6-7-13-24)18-8-4-3-5-9-18/h3-5,8-11,14,20H,6-7,12-13,15H2,1-2H3,(H2,22,23,25)/p+1/t20-/m1/s1. The monoisotopic (exact) mass is 354 g/mol. The Morgan fingerprint density at radius 2 is 1.76 bits per heavy atom. The van der Waals surface area contributed by atoms with E-state index in [9.17, 15) is 0 Å². The Kier molecular flexibility index (Phi) is 6.05. The van der Waals surface area contributed by atoms with Crippen LogP contribution >= 0.6 is 12.2 Å². The number of anilines is 1. The van der Waals surface area contributed by atoms with Gasteiger partial charge in [0.05, 0.1) is 19.6 Å². The number of aryl methyl sites for hydroxylation is 2. The predicted octanol–water partition coefficient (Wildman–Crippen LogP) is 3.01. The van der Waals surface area contributed by atoms with Crippen LogP contribution in [0.3, 0.4) is 0 Å². The van der Waals surface area contributed by atoms with Gasteiger partial charge < -0.3 is 15.5 Å². The van der Waals surface area contributed by atoms with Crippen molar-refractivity contribution < 1.29 is 4.90 Å². The fraction of sp³-hybridized carbons (Fsp3) is 0.381. The largest absolute Gasteiger partial charge is 0.356 e. The van der Waals surface area contributed by atoms with Gasteiger partial charge in [0, 0.05) is 24.1 Å². The molecule has 25 heavy (non-hydrogen) atoms. The molecule has 1 aliphatic rings. The first-order valence-corrected chi connectivity index (χ1v) is 9.56. The van der Waals surface area contributed by atoms with E-state index in [-0.39, 0.29) is 0 Å². The lowest BCUT2D eigenvalue weighted by Crippen LogP contribution is -3.11. The molecule has 1 heterocycles. The van der Waals surface area contributed by atoms with Crippen LogP contribution in [0.2, 0.25) is 0 Å². The highest BCUT2D eigenvalue weighted by molar-refractivity contribution is 7.80. The van der Waals surface area contributed by atoms with E-state index < -0.39 is 0 Å². The van der Waals surface area contributed by atoms with E-state index in [4.69, 9.17) is 12.2 Å². The Balaban J connectivity index is 1.62. The average molecular weight is 355 g/mol. The highest BCUT2D eigenvalue weighted by Crippen LogP contribution is 2.14. The lowest BCUT2D eigenvalue weighted by molar-refractivity contribution is -0.918. The number of likely N-dealkylation sites (tertiary alicyclic amines) is 1. The predicted molar refractivity (Wildman–Crippen MR) is 109 cm³/mol. The normalized spacial score (nSPS) is 15.8. The van der Waals surface area contributed by atoms with Crippen molar-refractivity contribution in [3.05, 3.63) is 65.2 Å². The van der Waals surface area contributed by atoms with Gasteiger partial charge in [0.25, 0.3) is 0 Å². The SMILES string of the molecule is Cc1ccc(NC(=S)NC[C@H](c2ccccc2)[NH+]2CCCC2)cc1C. The van der Waals surface area contributed by atoms with Gasteiger partial charge in [0.15, 0.2) is 5.11 Å². The van der Waals surface area contributed by atoms with E-state index in [0.29, 0.717) is 11.2 Å². The van der Waals surface area contributed by atoms with Crippen molar-refractivity contribution in [3.63, 3.8) is 0 Å². The molecule has 132 valence electrons. The summed E-state index contributed by atoms with van der Waals surface area (Å²) in [5, 5.41) is 7.46. The second-order valence-electron chi connectivity index (χ2n) is 6.96. The fourth-order valence-electron chi connectivity index (χ4n) is 3.55. The summed E-state index contributed by atoms with van der Waals surface area (Å²) < 4.78 is 0. The fourth-order valence-corrected chi connectivity index (χ4v) is 3.75. The molecule has 4 heteroatoms. The summed E-state index contributed by atoms with van der Waals surface area (Å²) in [4.78, 5) is 1.66. The lowest BCUT2D eigenvalue weighted by atomic mass is 10.1. The molecule has 0 bridgehead atoms. The van der Waals surface area contributed by atoms with Gasteiger partial charge in [-0.1, -0.05) is 36.4 Å². The summed E-state index contributed by atoms with van der Waals surface area (Å²) >= 11 is 5.52. The summed E-state index contributed by atoms with van der Waals surface area (Å²) in [7, 11) is 0. The van der Waals surface area contributed by atoms with Gasteiger partial charge >= 0.3 is 0 Å². The summed E-state index contributed by atoms with van der Waals surface area (Å²) in [5.41, 5.74) is 5.01. The molecule has 3 N–H and O–H groups in total. The first-order valence-electron chi connectivity index (χ1n) is 9.15. The smallest absolute Gasteiger partial charge is 0.171 e. The minimum atomic E-state index is 0.447. The number of hydrogen-bond donors (Lipinski definition) is 3. The Morgan fingerprint density at radius 1 is 1.04 bits per heavy atom. The molecule has 0 aliphatic carbocycles. The van der Waals surface area contributed by atoms with Crippen LogP contribution in [0.5, 0.6) is 0 Å². The third kappa shape index (κ3) is 4.80. The summed E-state index contributed by atoms with van der Waals surface area (Å²) in [6.45, 7) is 7.60. The maximum absolute atomic E-state index is 5.52. The van der Waals surface area contributed by atoms with Crippen LogP contribution in [0.25, 0.3) is 0 Å². The minimum absolute atomic E-state index is 0.447. The van der Waals surface area contributed by atoms with Gasteiger partial charge in [-0.2, -0.15) is 0 Å². The zero-order valence-corrected chi connectivity index (χ0v) is 16.0. The van der Waals surface area contributed by atoms with Crippen LogP contribution in [0.15, 0.2) is 48.5 Å². The molecule has 2 aromatic rings. The molecule has 0 radical (unpaired) electrons. The quantitative estimate of drug-likeness (QED) is 0.721. The number of thiocarbonyl (C=S) groups is 1. The minimum Gasteiger partial charge on any atom is -0.356 e. The van der Waals surface area contributed by atoms with E-state index in [0.717, 1.165) is 12.2 Å². The summed E-state index contributed by atoms with van der Waals surface area (Å²) in [6, 6.07) is 17.6. The number of rotatable bonds is 5. The van der Waals surface area contributed by atoms with Crippen molar-refractivity contribution in [1.82, 2.24) is 5.32 Å². The zero-order valence-electron chi connectivity index (χ0n) is 15.1. The maximum atomic E-state index is 5.52. The third-order valence-corrected chi connectivity index (χ3v) is 5.42. The Labute approximate surface area is 156 Å². The van der Waals surface area contributed by atoms with E-state index in [1.807, 2.05) is 0 Å². The van der Waals surface area contributed by atoms with Gasteiger partial charge in [0.1, 0.15) is 6.04 Å². The molecular formula is C21H28N3S+. The molecule has 0 saturated carbocycles. The van der Waals surface area contributed by atoms with Crippen molar-refractivity contribution in [2.24, 2.45) is 0 Å². The first-order chi connectivity index (χ1) is 12.1. The molecule has 3 rings (SSSR count). The molecule has 0 unspecified atom stereocenters. The van der Waals surface area contributed by atoms with Crippen LogP contribution in [-0.4, -0.2) is 24.7 Å². The van der Waals surface area contributed by atoms with Gasteiger partial charge in [-0.05, 0) is 49.3 Å². The highest BCUT2D eigenvalue weighted by Gasteiger charge is 2.27. The molecule has 1 atom stereocenters. The topological polar surface area (TPSA) is 28.5 Å². The van der Waals surface area contributed by atoms with Gasteiger partial charge in [0.2, 0.25) is 0 Å². The van der Waals surface area contributed by atoms with Crippen LogP contribution in [0.4, 0.5) is 5.69 Å². The second kappa shape index (κ2) is 8.45. The van der Waals surface area contributed by atoms with E-state index in [1.54, 1.807) is 4.90 Å². The zero-order chi connectivity index (χ0) is 17.6. The Bertz CT molecular complexity index is 708. The molecular weight excluding hydrogens is 326 g/mol. The van der Waals surface area contributed by atoms with Gasteiger partial charge in [-0.25, -0.2) is 0 Å². The number of quaternary nitrogens is 1. The van der Waals surface area contributed by atoms with Crippen molar-refractivity contribution in [2.45, 2.75) is 32.7 Å². The van der Waals surface area contributed by atoms with Crippen molar-refractivity contribution in [3.8, 4) is 0 Å². The van der Waals surface area contributed by atoms with Crippen molar-refractivity contribution in [2.75, 3.05) is 25.0 Å². The summed E-state index contributed by atoms with van der Waals surface area (Å²) in [5.74, 6) is 0. The van der Waals surface area contributed by atoms with Gasteiger partial charge in [-0.15, -0.1) is 0 Å². The molecule has 3 nitrogen and oxygen atoms in total. The lowest BCUT2D eigenvalue weighted by Gasteiger charge is -2.26. The van der Waals surface area contributed by atoms with Crippen LogP contribution in [-0.2, 0) is 0 Å². The Hall–Kier alpha value is -1.91. The molecule has 1 aliphatic heterocycles.